The van der Waals surface area contributed by atoms with Gasteiger partial charge in [-0.05, 0) is 66.2 Å². The van der Waals surface area contributed by atoms with E-state index >= 15 is 0 Å². The summed E-state index contributed by atoms with van der Waals surface area (Å²) in [7, 11) is 4.40. The molecule has 214 valence electrons. The molecule has 1 atom stereocenters. The maximum absolute atomic E-state index is 14.2. The van der Waals surface area contributed by atoms with Crippen molar-refractivity contribution < 1.29 is 28.6 Å². The summed E-state index contributed by atoms with van der Waals surface area (Å²) in [6, 6.07) is 9.17. The lowest BCUT2D eigenvalue weighted by Crippen LogP contribution is -2.44. The van der Waals surface area contributed by atoms with Crippen molar-refractivity contribution in [2.75, 3.05) is 38.5 Å². The number of primary amides is 1. The summed E-state index contributed by atoms with van der Waals surface area (Å²) in [5, 5.41) is 2.96. The van der Waals surface area contributed by atoms with Crippen LogP contribution in [0.3, 0.4) is 0 Å². The fourth-order valence-corrected chi connectivity index (χ4v) is 4.90. The molecule has 0 unspecified atom stereocenters. The number of aryl methyl sites for hydroxylation is 1. The van der Waals surface area contributed by atoms with Gasteiger partial charge in [-0.1, -0.05) is 26.0 Å². The number of aromatic nitrogens is 1. The highest BCUT2D eigenvalue weighted by molar-refractivity contribution is 7.09. The molecular weight excluding hydrogens is 534 g/mol. The van der Waals surface area contributed by atoms with E-state index in [1.807, 2.05) is 26.8 Å². The average molecular weight is 570 g/mol. The highest BCUT2D eigenvalue weighted by atomic mass is 32.1. The van der Waals surface area contributed by atoms with E-state index in [0.717, 1.165) is 23.5 Å². The van der Waals surface area contributed by atoms with Crippen LogP contribution in [-0.4, -0.2) is 50.0 Å². The molecule has 0 radical (unpaired) electrons. The molecule has 0 spiro atoms. The molecule has 12 heteroatoms. The van der Waals surface area contributed by atoms with Gasteiger partial charge in [-0.2, -0.15) is 4.37 Å². The Morgan fingerprint density at radius 3 is 2.20 bits per heavy atom. The number of carbonyl (C=O) groups excluding carboxylic acids is 3. The summed E-state index contributed by atoms with van der Waals surface area (Å²) < 4.78 is 20.5. The number of nitrogens with zero attached hydrogens (tertiary/aromatic N) is 2. The molecule has 0 saturated carbocycles. The van der Waals surface area contributed by atoms with Crippen molar-refractivity contribution in [2.45, 2.75) is 33.2 Å². The lowest BCUT2D eigenvalue weighted by atomic mass is 10.0. The van der Waals surface area contributed by atoms with E-state index in [2.05, 4.69) is 9.69 Å². The van der Waals surface area contributed by atoms with Gasteiger partial charge in [-0.25, -0.2) is 0 Å². The van der Waals surface area contributed by atoms with Gasteiger partial charge in [0.2, 0.25) is 11.7 Å². The minimum absolute atomic E-state index is 0.0253. The molecule has 0 aliphatic carbocycles. The first kappa shape index (κ1) is 30.2. The number of rotatable bonds is 12. The maximum Gasteiger partial charge on any atom is 0.273 e. The Kier molecular flexibility index (Phi) is 9.94. The van der Waals surface area contributed by atoms with Crippen molar-refractivity contribution in [1.29, 1.82) is 0 Å². The van der Waals surface area contributed by atoms with Crippen LogP contribution in [-0.2, 0) is 4.79 Å². The van der Waals surface area contributed by atoms with Crippen LogP contribution in [0.4, 0.5) is 11.4 Å². The molecule has 2 aromatic carbocycles. The van der Waals surface area contributed by atoms with Gasteiger partial charge in [0.25, 0.3) is 11.8 Å². The number of nitrogens with two attached hydrogens (primary N) is 2. The average Bonchev–Trinajstić information content (AvgIpc) is 3.31. The van der Waals surface area contributed by atoms with Gasteiger partial charge < -0.3 is 31.0 Å². The number of amides is 3. The number of hydrogen-bond donors (Lipinski definition) is 3. The third-order valence-electron chi connectivity index (χ3n) is 6.18. The van der Waals surface area contributed by atoms with Crippen molar-refractivity contribution in [3.05, 3.63) is 58.1 Å². The van der Waals surface area contributed by atoms with E-state index in [4.69, 9.17) is 25.7 Å². The number of methoxy groups -OCH3 is 3. The molecule has 1 heterocycles. The monoisotopic (exact) mass is 569 g/mol. The number of nitrogens with one attached hydrogen (secondary N) is 1. The van der Waals surface area contributed by atoms with Gasteiger partial charge in [0.1, 0.15) is 10.9 Å². The summed E-state index contributed by atoms with van der Waals surface area (Å²) >= 11 is 0.739. The fraction of sp³-hybridized carbons (Fsp3) is 0.357. The lowest BCUT2D eigenvalue weighted by Gasteiger charge is -2.32. The van der Waals surface area contributed by atoms with E-state index in [-0.39, 0.29) is 16.3 Å². The number of hydrogen-bond acceptors (Lipinski definition) is 9. The zero-order valence-corrected chi connectivity index (χ0v) is 24.3. The molecule has 0 bridgehead atoms. The minimum Gasteiger partial charge on any atom is -0.493 e. The summed E-state index contributed by atoms with van der Waals surface area (Å²) in [4.78, 5) is 41.4. The van der Waals surface area contributed by atoms with Gasteiger partial charge in [-0.15, -0.1) is 0 Å². The van der Waals surface area contributed by atoms with Crippen LogP contribution < -0.4 is 35.9 Å². The Labute approximate surface area is 237 Å². The van der Waals surface area contributed by atoms with E-state index in [1.165, 1.54) is 26.2 Å². The van der Waals surface area contributed by atoms with E-state index in [1.54, 1.807) is 30.3 Å². The highest BCUT2D eigenvalue weighted by Gasteiger charge is 2.37. The van der Waals surface area contributed by atoms with Gasteiger partial charge in [-0.3, -0.25) is 19.3 Å². The van der Waals surface area contributed by atoms with Crippen LogP contribution in [0.25, 0.3) is 0 Å². The topological polar surface area (TPSA) is 159 Å². The Hall–Kier alpha value is -4.32. The third-order valence-corrected chi connectivity index (χ3v) is 7.04. The van der Waals surface area contributed by atoms with Crippen LogP contribution in [0.2, 0.25) is 0 Å². The predicted molar refractivity (Wildman–Crippen MR) is 154 cm³/mol. The highest BCUT2D eigenvalue weighted by Crippen LogP contribution is 2.42. The first-order chi connectivity index (χ1) is 19.0. The standard InChI is InChI=1S/C28H35N5O6S/c1-15(2)10-11-31-27(35)23(17-13-19(37-4)24(39-6)20(14-17)38-5)33(18-9-7-8-16(3)12-18)28(36)25-21(29)22(26(30)34)32-40-25/h7-9,12-15,23H,10-11,29H2,1-6H3,(H2,30,34)(H,31,35)/t23-/m0/s1. The van der Waals surface area contributed by atoms with Crippen LogP contribution in [0, 0.1) is 12.8 Å². The van der Waals surface area contributed by atoms with Crippen LogP contribution in [0.5, 0.6) is 17.2 Å². The second kappa shape index (κ2) is 13.2. The number of carbonyl (C=O) groups is 3. The molecule has 3 aromatic rings. The summed E-state index contributed by atoms with van der Waals surface area (Å²) in [6.07, 6.45) is 0.732. The van der Waals surface area contributed by atoms with E-state index in [0.29, 0.717) is 41.0 Å². The number of ether oxygens (including phenoxy) is 3. The van der Waals surface area contributed by atoms with E-state index < -0.39 is 23.8 Å². The lowest BCUT2D eigenvalue weighted by molar-refractivity contribution is -0.122. The smallest absolute Gasteiger partial charge is 0.273 e. The second-order valence-corrected chi connectivity index (χ2v) is 10.3. The second-order valence-electron chi connectivity index (χ2n) is 9.49. The zero-order valence-electron chi connectivity index (χ0n) is 23.4. The maximum atomic E-state index is 14.2. The molecule has 0 fully saturated rings. The first-order valence-corrected chi connectivity index (χ1v) is 13.3. The van der Waals surface area contributed by atoms with Gasteiger partial charge in [0, 0.05) is 12.2 Å². The molecule has 40 heavy (non-hydrogen) atoms. The molecule has 0 aliphatic rings. The molecule has 0 aliphatic heterocycles. The van der Waals surface area contributed by atoms with Crippen molar-refractivity contribution in [2.24, 2.45) is 11.7 Å². The van der Waals surface area contributed by atoms with Crippen molar-refractivity contribution in [1.82, 2.24) is 9.69 Å². The van der Waals surface area contributed by atoms with E-state index in [9.17, 15) is 14.4 Å². The quantitative estimate of drug-likeness (QED) is 0.298. The fourth-order valence-electron chi connectivity index (χ4n) is 4.16. The largest absolute Gasteiger partial charge is 0.493 e. The number of anilines is 2. The molecule has 11 nitrogen and oxygen atoms in total. The van der Waals surface area contributed by atoms with Crippen molar-refractivity contribution in [3.63, 3.8) is 0 Å². The van der Waals surface area contributed by atoms with Crippen LogP contribution in [0.1, 0.15) is 57.6 Å². The molecule has 0 saturated heterocycles. The summed E-state index contributed by atoms with van der Waals surface area (Å²) in [5.41, 5.74) is 12.9. The predicted octanol–water partition coefficient (Wildman–Crippen LogP) is 3.71. The molecule has 3 rings (SSSR count). The van der Waals surface area contributed by atoms with Crippen molar-refractivity contribution >= 4 is 40.6 Å². The Morgan fingerprint density at radius 1 is 1.05 bits per heavy atom. The Balaban J connectivity index is 2.29. The zero-order chi connectivity index (χ0) is 29.6. The Bertz CT molecular complexity index is 1360. The number of nitrogen functional groups attached to an aromatic ring is 1. The Morgan fingerprint density at radius 2 is 1.70 bits per heavy atom. The normalized spacial score (nSPS) is 11.6. The molecule has 5 N–H and O–H groups in total. The van der Waals surface area contributed by atoms with Gasteiger partial charge >= 0.3 is 0 Å². The summed E-state index contributed by atoms with van der Waals surface area (Å²) in [5.74, 6) is -0.641. The SMILES string of the molecule is COc1cc([C@@H](C(=O)NCCC(C)C)N(C(=O)c2snc(C(N)=O)c2N)c2cccc(C)c2)cc(OC)c1OC. The van der Waals surface area contributed by atoms with Crippen LogP contribution >= 0.6 is 11.5 Å². The minimum atomic E-state index is -1.20. The summed E-state index contributed by atoms with van der Waals surface area (Å²) in [6.45, 7) is 6.36. The van der Waals surface area contributed by atoms with Gasteiger partial charge in [0.05, 0.1) is 27.0 Å². The first-order valence-electron chi connectivity index (χ1n) is 12.6. The van der Waals surface area contributed by atoms with Crippen molar-refractivity contribution in [3.8, 4) is 17.2 Å². The third kappa shape index (κ3) is 6.45. The van der Waals surface area contributed by atoms with Crippen LogP contribution in [0.15, 0.2) is 36.4 Å². The number of benzene rings is 2. The molecule has 1 aromatic heterocycles. The molecular formula is C28H35N5O6S. The molecule has 3 amide bonds. The van der Waals surface area contributed by atoms with Gasteiger partial charge in [0.15, 0.2) is 17.2 Å².